The summed E-state index contributed by atoms with van der Waals surface area (Å²) < 4.78 is 10.3. The number of benzene rings is 2. The third kappa shape index (κ3) is 3.74. The summed E-state index contributed by atoms with van der Waals surface area (Å²) >= 11 is 0. The van der Waals surface area contributed by atoms with E-state index in [-0.39, 0.29) is 12.3 Å². The molecule has 0 bridgehead atoms. The molecule has 6 nitrogen and oxygen atoms in total. The largest absolute Gasteiger partial charge is 0.462 e. The molecule has 134 valence electrons. The van der Waals surface area contributed by atoms with Gasteiger partial charge in [0.1, 0.15) is 5.69 Å². The van der Waals surface area contributed by atoms with Gasteiger partial charge in [-0.3, -0.25) is 4.79 Å². The number of rotatable bonds is 5. The van der Waals surface area contributed by atoms with Gasteiger partial charge in [-0.1, -0.05) is 17.3 Å². The first-order valence-electron chi connectivity index (χ1n) is 8.40. The van der Waals surface area contributed by atoms with Crippen LogP contribution in [0.5, 0.6) is 0 Å². The van der Waals surface area contributed by atoms with E-state index in [4.69, 9.17) is 9.26 Å². The van der Waals surface area contributed by atoms with Crippen molar-refractivity contribution in [1.82, 2.24) is 5.16 Å². The standard InChI is InChI=1S/C20H20N2O4/c1-4-25-20(24)14-6-5-7-15(10-14)21-18(23)11-16-19-13(3)8-12(2)9-17(19)26-22-16/h5-10H,4,11H2,1-3H3,(H,21,23). The van der Waals surface area contributed by atoms with E-state index < -0.39 is 5.97 Å². The zero-order valence-electron chi connectivity index (χ0n) is 15.0. The highest BCUT2D eigenvalue weighted by atomic mass is 16.5. The number of amides is 1. The first kappa shape index (κ1) is 17.7. The molecule has 6 heteroatoms. The van der Waals surface area contributed by atoms with Crippen molar-refractivity contribution in [2.75, 3.05) is 11.9 Å². The molecule has 0 fully saturated rings. The van der Waals surface area contributed by atoms with Crippen molar-refractivity contribution < 1.29 is 18.8 Å². The average molecular weight is 352 g/mol. The Bertz CT molecular complexity index is 975. The van der Waals surface area contributed by atoms with E-state index in [1.165, 1.54) is 0 Å². The summed E-state index contributed by atoms with van der Waals surface area (Å²) in [6.45, 7) is 6.00. The van der Waals surface area contributed by atoms with E-state index in [0.717, 1.165) is 16.5 Å². The molecule has 3 aromatic rings. The van der Waals surface area contributed by atoms with E-state index in [0.29, 0.717) is 29.1 Å². The molecule has 0 aliphatic carbocycles. The van der Waals surface area contributed by atoms with Crippen molar-refractivity contribution in [2.24, 2.45) is 0 Å². The van der Waals surface area contributed by atoms with E-state index >= 15 is 0 Å². The van der Waals surface area contributed by atoms with Crippen molar-refractivity contribution in [2.45, 2.75) is 27.2 Å². The summed E-state index contributed by atoms with van der Waals surface area (Å²) in [7, 11) is 0. The minimum atomic E-state index is -0.419. The summed E-state index contributed by atoms with van der Waals surface area (Å²) in [5.41, 5.74) is 4.29. The highest BCUT2D eigenvalue weighted by Gasteiger charge is 2.15. The SMILES string of the molecule is CCOC(=O)c1cccc(NC(=O)Cc2noc3cc(C)cc(C)c23)c1. The normalized spacial score (nSPS) is 10.7. The highest BCUT2D eigenvalue weighted by molar-refractivity contribution is 5.97. The lowest BCUT2D eigenvalue weighted by atomic mass is 10.0. The molecule has 1 N–H and O–H groups in total. The Balaban J connectivity index is 1.76. The Labute approximate surface area is 151 Å². The van der Waals surface area contributed by atoms with Gasteiger partial charge in [-0.05, 0) is 56.2 Å². The van der Waals surface area contributed by atoms with Crippen LogP contribution in [0.4, 0.5) is 5.69 Å². The van der Waals surface area contributed by atoms with Crippen molar-refractivity contribution in [3.8, 4) is 0 Å². The number of aromatic nitrogens is 1. The van der Waals surface area contributed by atoms with Gasteiger partial charge in [0.25, 0.3) is 0 Å². The Kier molecular flexibility index (Phi) is 5.02. The molecule has 1 heterocycles. The molecule has 1 aromatic heterocycles. The number of carbonyl (C=O) groups is 2. The molecule has 0 saturated carbocycles. The van der Waals surface area contributed by atoms with Gasteiger partial charge in [-0.15, -0.1) is 0 Å². The summed E-state index contributed by atoms with van der Waals surface area (Å²) in [5, 5.41) is 7.69. The van der Waals surface area contributed by atoms with Gasteiger partial charge in [0.15, 0.2) is 5.58 Å². The predicted octanol–water partition coefficient (Wildman–Crippen LogP) is 3.80. The number of hydrogen-bond acceptors (Lipinski definition) is 5. The average Bonchev–Trinajstić information content (AvgIpc) is 2.98. The minimum Gasteiger partial charge on any atom is -0.462 e. The first-order valence-corrected chi connectivity index (χ1v) is 8.40. The molecule has 0 spiro atoms. The molecular weight excluding hydrogens is 332 g/mol. The van der Waals surface area contributed by atoms with Crippen LogP contribution in [0.1, 0.15) is 34.1 Å². The van der Waals surface area contributed by atoms with Gasteiger partial charge in [0, 0.05) is 11.1 Å². The number of nitrogens with one attached hydrogen (secondary N) is 1. The highest BCUT2D eigenvalue weighted by Crippen LogP contribution is 2.24. The van der Waals surface area contributed by atoms with Crippen LogP contribution in [0, 0.1) is 13.8 Å². The quantitative estimate of drug-likeness (QED) is 0.706. The van der Waals surface area contributed by atoms with Gasteiger partial charge in [-0.25, -0.2) is 4.79 Å². The topological polar surface area (TPSA) is 81.4 Å². The van der Waals surface area contributed by atoms with Crippen LogP contribution in [0.15, 0.2) is 40.9 Å². The Hall–Kier alpha value is -3.15. The minimum absolute atomic E-state index is 0.0839. The summed E-state index contributed by atoms with van der Waals surface area (Å²) in [4.78, 5) is 24.2. The molecule has 0 radical (unpaired) electrons. The van der Waals surface area contributed by atoms with E-state index in [2.05, 4.69) is 10.5 Å². The fraction of sp³-hybridized carbons (Fsp3) is 0.250. The second-order valence-corrected chi connectivity index (χ2v) is 6.11. The lowest BCUT2D eigenvalue weighted by molar-refractivity contribution is -0.115. The molecule has 3 rings (SSSR count). The van der Waals surface area contributed by atoms with Gasteiger partial charge in [0.05, 0.1) is 18.6 Å². The van der Waals surface area contributed by atoms with Crippen LogP contribution in [-0.2, 0) is 16.0 Å². The maximum Gasteiger partial charge on any atom is 0.338 e. The smallest absolute Gasteiger partial charge is 0.338 e. The molecular formula is C20H20N2O4. The molecule has 0 atom stereocenters. The number of fused-ring (bicyclic) bond motifs is 1. The molecule has 0 saturated heterocycles. The Morgan fingerprint density at radius 1 is 1.19 bits per heavy atom. The number of esters is 1. The van der Waals surface area contributed by atoms with E-state index in [1.54, 1.807) is 31.2 Å². The van der Waals surface area contributed by atoms with Crippen LogP contribution in [-0.4, -0.2) is 23.6 Å². The molecule has 0 unspecified atom stereocenters. The predicted molar refractivity (Wildman–Crippen MR) is 98.2 cm³/mol. The second kappa shape index (κ2) is 7.39. The first-order chi connectivity index (χ1) is 12.5. The molecule has 0 aliphatic rings. The monoisotopic (exact) mass is 352 g/mol. The van der Waals surface area contributed by atoms with Gasteiger partial charge in [-0.2, -0.15) is 0 Å². The number of aryl methyl sites for hydroxylation is 2. The lowest BCUT2D eigenvalue weighted by Crippen LogP contribution is -2.15. The zero-order chi connectivity index (χ0) is 18.7. The fourth-order valence-electron chi connectivity index (χ4n) is 2.94. The number of hydrogen-bond donors (Lipinski definition) is 1. The molecule has 26 heavy (non-hydrogen) atoms. The van der Waals surface area contributed by atoms with Crippen molar-refractivity contribution >= 4 is 28.5 Å². The molecule has 1 amide bonds. The Morgan fingerprint density at radius 2 is 2.00 bits per heavy atom. The summed E-state index contributed by atoms with van der Waals surface area (Å²) in [6, 6.07) is 10.6. The summed E-state index contributed by atoms with van der Waals surface area (Å²) in [5.74, 6) is -0.654. The maximum absolute atomic E-state index is 12.4. The van der Waals surface area contributed by atoms with Crippen LogP contribution >= 0.6 is 0 Å². The summed E-state index contributed by atoms with van der Waals surface area (Å²) in [6.07, 6.45) is 0.0839. The van der Waals surface area contributed by atoms with Gasteiger partial charge in [0.2, 0.25) is 5.91 Å². The molecule has 0 aliphatic heterocycles. The van der Waals surface area contributed by atoms with Crippen molar-refractivity contribution in [3.05, 3.63) is 58.8 Å². The number of nitrogens with zero attached hydrogens (tertiary/aromatic N) is 1. The lowest BCUT2D eigenvalue weighted by Gasteiger charge is -2.07. The second-order valence-electron chi connectivity index (χ2n) is 6.11. The van der Waals surface area contributed by atoms with Crippen molar-refractivity contribution in [1.29, 1.82) is 0 Å². The third-order valence-corrected chi connectivity index (χ3v) is 3.97. The Morgan fingerprint density at radius 3 is 2.77 bits per heavy atom. The van der Waals surface area contributed by atoms with Crippen LogP contribution < -0.4 is 5.32 Å². The third-order valence-electron chi connectivity index (χ3n) is 3.97. The van der Waals surface area contributed by atoms with Gasteiger partial charge < -0.3 is 14.6 Å². The van der Waals surface area contributed by atoms with Crippen LogP contribution in [0.25, 0.3) is 11.0 Å². The fourth-order valence-corrected chi connectivity index (χ4v) is 2.94. The van der Waals surface area contributed by atoms with Gasteiger partial charge >= 0.3 is 5.97 Å². The van der Waals surface area contributed by atoms with Crippen molar-refractivity contribution in [3.63, 3.8) is 0 Å². The maximum atomic E-state index is 12.4. The zero-order valence-corrected chi connectivity index (χ0v) is 15.0. The van der Waals surface area contributed by atoms with Crippen LogP contribution in [0.2, 0.25) is 0 Å². The van der Waals surface area contributed by atoms with E-state index in [9.17, 15) is 9.59 Å². The van der Waals surface area contributed by atoms with E-state index in [1.807, 2.05) is 26.0 Å². The number of carbonyl (C=O) groups excluding carboxylic acids is 2. The number of anilines is 1. The molecule has 2 aromatic carbocycles. The van der Waals surface area contributed by atoms with Crippen LogP contribution in [0.3, 0.4) is 0 Å². The number of ether oxygens (including phenoxy) is 1.